The third-order valence-electron chi connectivity index (χ3n) is 5.12. The number of hydrogen-bond donors (Lipinski definition) is 2. The molecule has 0 unspecified atom stereocenters. The second kappa shape index (κ2) is 9.25. The maximum absolute atomic E-state index is 14.0. The highest BCUT2D eigenvalue weighted by atomic mass is 19.1. The lowest BCUT2D eigenvalue weighted by molar-refractivity contribution is 0.0532. The number of hydroxylamine groups is 1. The van der Waals surface area contributed by atoms with Crippen molar-refractivity contribution >= 4 is 28.6 Å². The molecule has 0 spiro atoms. The Morgan fingerprint density at radius 1 is 1.09 bits per heavy atom. The van der Waals surface area contributed by atoms with Gasteiger partial charge < -0.3 is 14.6 Å². The second-order valence-corrected chi connectivity index (χ2v) is 7.78. The van der Waals surface area contributed by atoms with Crippen LogP contribution in [0, 0.1) is 5.82 Å². The molecular formula is C24H24FN5O3. The molecule has 0 aliphatic carbocycles. The number of nitrogens with one attached hydrogen (secondary N) is 2. The van der Waals surface area contributed by atoms with E-state index in [-0.39, 0.29) is 17.4 Å². The van der Waals surface area contributed by atoms with E-state index in [1.807, 2.05) is 37.6 Å². The zero-order valence-electron chi connectivity index (χ0n) is 18.7. The first-order valence-corrected chi connectivity index (χ1v) is 10.4. The number of hydrogen-bond acceptors (Lipinski definition) is 6. The summed E-state index contributed by atoms with van der Waals surface area (Å²) in [5.74, 6) is 1.00. The number of pyridine rings is 1. The van der Waals surface area contributed by atoms with Gasteiger partial charge in [0.25, 0.3) is 5.91 Å². The Bertz CT molecular complexity index is 1320. The van der Waals surface area contributed by atoms with Crippen LogP contribution in [0.1, 0.15) is 35.8 Å². The molecule has 0 radical (unpaired) electrons. The fourth-order valence-electron chi connectivity index (χ4n) is 3.43. The minimum atomic E-state index is -0.472. The number of fused-ring (bicyclic) bond motifs is 1. The minimum absolute atomic E-state index is 0.0705. The molecule has 0 fully saturated rings. The van der Waals surface area contributed by atoms with Gasteiger partial charge in [0.05, 0.1) is 18.1 Å². The lowest BCUT2D eigenvalue weighted by Gasteiger charge is -2.11. The Morgan fingerprint density at radius 3 is 2.64 bits per heavy atom. The van der Waals surface area contributed by atoms with E-state index in [0.717, 1.165) is 16.7 Å². The average Bonchev–Trinajstić information content (AvgIpc) is 3.09. The summed E-state index contributed by atoms with van der Waals surface area (Å²) in [4.78, 5) is 25.2. The summed E-state index contributed by atoms with van der Waals surface area (Å²) in [5, 5.41) is 3.26. The zero-order chi connectivity index (χ0) is 23.5. The molecule has 0 saturated carbocycles. The first kappa shape index (κ1) is 22.2. The van der Waals surface area contributed by atoms with Gasteiger partial charge in [-0.1, -0.05) is 13.8 Å². The quantitative estimate of drug-likeness (QED) is 0.384. The molecule has 0 aliphatic rings. The van der Waals surface area contributed by atoms with Crippen molar-refractivity contribution in [1.29, 1.82) is 0 Å². The van der Waals surface area contributed by atoms with Crippen molar-refractivity contribution in [1.82, 2.24) is 20.0 Å². The number of carbonyl (C=O) groups is 1. The summed E-state index contributed by atoms with van der Waals surface area (Å²) in [7, 11) is 3.25. The minimum Gasteiger partial charge on any atom is -0.457 e. The SMILES string of the molecule is CONC(=O)c1cc(Oc2ccc3c(c2)nc(Nc2ccc(F)c(C(C)C)c2)n3C)ccn1. The van der Waals surface area contributed by atoms with Gasteiger partial charge in [-0.05, 0) is 47.9 Å². The Kier molecular flexibility index (Phi) is 6.23. The van der Waals surface area contributed by atoms with Crippen LogP contribution in [0.5, 0.6) is 11.5 Å². The maximum Gasteiger partial charge on any atom is 0.293 e. The van der Waals surface area contributed by atoms with Crippen LogP contribution in [-0.4, -0.2) is 27.6 Å². The van der Waals surface area contributed by atoms with Gasteiger partial charge in [-0.15, -0.1) is 0 Å². The fourth-order valence-corrected chi connectivity index (χ4v) is 3.43. The third-order valence-corrected chi connectivity index (χ3v) is 5.12. The summed E-state index contributed by atoms with van der Waals surface area (Å²) in [6.45, 7) is 3.91. The van der Waals surface area contributed by atoms with Crippen molar-refractivity contribution in [2.45, 2.75) is 19.8 Å². The summed E-state index contributed by atoms with van der Waals surface area (Å²) in [6.07, 6.45) is 1.48. The van der Waals surface area contributed by atoms with Crippen molar-refractivity contribution in [2.75, 3.05) is 12.4 Å². The van der Waals surface area contributed by atoms with Crippen LogP contribution >= 0.6 is 0 Å². The summed E-state index contributed by atoms with van der Waals surface area (Å²) in [6, 6.07) is 13.6. The number of aryl methyl sites for hydroxylation is 1. The number of halogens is 1. The molecule has 33 heavy (non-hydrogen) atoms. The highest BCUT2D eigenvalue weighted by molar-refractivity contribution is 5.91. The number of imidazole rings is 1. The summed E-state index contributed by atoms with van der Waals surface area (Å²) < 4.78 is 21.9. The number of carbonyl (C=O) groups excluding carboxylic acids is 1. The summed E-state index contributed by atoms with van der Waals surface area (Å²) >= 11 is 0. The molecule has 0 aliphatic heterocycles. The van der Waals surface area contributed by atoms with E-state index in [9.17, 15) is 9.18 Å². The highest BCUT2D eigenvalue weighted by Gasteiger charge is 2.13. The Labute approximate surface area is 190 Å². The summed E-state index contributed by atoms with van der Waals surface area (Å²) in [5.41, 5.74) is 5.40. The van der Waals surface area contributed by atoms with E-state index in [0.29, 0.717) is 23.0 Å². The van der Waals surface area contributed by atoms with Crippen molar-refractivity contribution in [3.05, 3.63) is 71.8 Å². The number of benzene rings is 2. The van der Waals surface area contributed by atoms with Gasteiger partial charge in [0, 0.05) is 31.1 Å². The van der Waals surface area contributed by atoms with Gasteiger partial charge in [-0.2, -0.15) is 0 Å². The number of nitrogens with zero attached hydrogens (tertiary/aromatic N) is 3. The number of amides is 1. The van der Waals surface area contributed by atoms with Crippen LogP contribution in [0.25, 0.3) is 11.0 Å². The van der Waals surface area contributed by atoms with Crippen LogP contribution < -0.4 is 15.5 Å². The largest absolute Gasteiger partial charge is 0.457 e. The van der Waals surface area contributed by atoms with Crippen molar-refractivity contribution in [2.24, 2.45) is 7.05 Å². The molecule has 170 valence electrons. The van der Waals surface area contributed by atoms with Gasteiger partial charge in [0.1, 0.15) is 23.0 Å². The average molecular weight is 449 g/mol. The first-order chi connectivity index (χ1) is 15.9. The van der Waals surface area contributed by atoms with Crippen LogP contribution in [0.3, 0.4) is 0 Å². The van der Waals surface area contributed by atoms with Crippen LogP contribution in [0.15, 0.2) is 54.7 Å². The van der Waals surface area contributed by atoms with Gasteiger partial charge in [0.2, 0.25) is 5.95 Å². The molecular weight excluding hydrogens is 425 g/mol. The predicted molar refractivity (Wildman–Crippen MR) is 123 cm³/mol. The van der Waals surface area contributed by atoms with Crippen LogP contribution in [-0.2, 0) is 11.9 Å². The van der Waals surface area contributed by atoms with Crippen molar-refractivity contribution in [3.8, 4) is 11.5 Å². The van der Waals surface area contributed by atoms with E-state index in [1.54, 1.807) is 24.3 Å². The van der Waals surface area contributed by atoms with E-state index >= 15 is 0 Å². The van der Waals surface area contributed by atoms with Gasteiger partial charge in [-0.25, -0.2) is 14.9 Å². The van der Waals surface area contributed by atoms with Gasteiger partial charge >= 0.3 is 0 Å². The normalized spacial score (nSPS) is 11.1. The number of ether oxygens (including phenoxy) is 1. The molecule has 2 aromatic heterocycles. The third kappa shape index (κ3) is 4.78. The Hall–Kier alpha value is -3.98. The number of anilines is 2. The Balaban J connectivity index is 1.58. The van der Waals surface area contributed by atoms with E-state index in [4.69, 9.17) is 4.74 Å². The molecule has 9 heteroatoms. The first-order valence-electron chi connectivity index (χ1n) is 10.4. The van der Waals surface area contributed by atoms with E-state index < -0.39 is 5.91 Å². The Morgan fingerprint density at radius 2 is 1.88 bits per heavy atom. The topological polar surface area (TPSA) is 90.3 Å². The molecule has 0 bridgehead atoms. The van der Waals surface area contributed by atoms with Crippen LogP contribution in [0.2, 0.25) is 0 Å². The lowest BCUT2D eigenvalue weighted by atomic mass is 10.0. The molecule has 1 amide bonds. The molecule has 2 aromatic carbocycles. The molecule has 4 rings (SSSR count). The molecule has 2 N–H and O–H groups in total. The monoisotopic (exact) mass is 449 g/mol. The fraction of sp³-hybridized carbons (Fsp3) is 0.208. The molecule has 4 aromatic rings. The second-order valence-electron chi connectivity index (χ2n) is 7.78. The number of aromatic nitrogens is 3. The number of rotatable bonds is 7. The lowest BCUT2D eigenvalue weighted by Crippen LogP contribution is -2.22. The highest BCUT2D eigenvalue weighted by Crippen LogP contribution is 2.29. The smallest absolute Gasteiger partial charge is 0.293 e. The standard InChI is InChI=1S/C24H24FN5O3/c1-14(2)18-11-15(5-7-19(18)25)27-24-28-20-12-16(6-8-22(20)30(24)3)33-17-9-10-26-21(13-17)23(31)29-32-4/h5-14H,1-4H3,(H,27,28)(H,29,31). The maximum atomic E-state index is 14.0. The van der Waals surface area contributed by atoms with Gasteiger partial charge in [-0.3, -0.25) is 14.6 Å². The molecule has 0 saturated heterocycles. The molecule has 2 heterocycles. The van der Waals surface area contributed by atoms with Gasteiger partial charge in [0.15, 0.2) is 0 Å². The van der Waals surface area contributed by atoms with Crippen molar-refractivity contribution < 1.29 is 18.8 Å². The van der Waals surface area contributed by atoms with Crippen LogP contribution in [0.4, 0.5) is 16.0 Å². The molecule has 0 atom stereocenters. The van der Waals surface area contributed by atoms with E-state index in [1.165, 1.54) is 25.4 Å². The zero-order valence-corrected chi connectivity index (χ0v) is 18.7. The predicted octanol–water partition coefficient (Wildman–Crippen LogP) is 5.06. The van der Waals surface area contributed by atoms with E-state index in [2.05, 4.69) is 25.6 Å². The van der Waals surface area contributed by atoms with Crippen molar-refractivity contribution in [3.63, 3.8) is 0 Å². The molecule has 8 nitrogen and oxygen atoms in total.